The highest BCUT2D eigenvalue weighted by Gasteiger charge is 1.96. The third-order valence-electron chi connectivity index (χ3n) is 1.93. The Morgan fingerprint density at radius 3 is 2.67 bits per heavy atom. The number of thiol groups is 1. The lowest BCUT2D eigenvalue weighted by atomic mass is 10.1. The molecule has 0 radical (unpaired) electrons. The highest BCUT2D eigenvalue weighted by molar-refractivity contribution is 7.80. The second kappa shape index (κ2) is 4.53. The van der Waals surface area contributed by atoms with Crippen LogP contribution in [0.1, 0.15) is 16.7 Å². The molecule has 0 saturated heterocycles. The van der Waals surface area contributed by atoms with E-state index in [4.69, 9.17) is 0 Å². The van der Waals surface area contributed by atoms with Crippen molar-refractivity contribution in [3.63, 3.8) is 0 Å². The molecule has 0 spiro atoms. The molecule has 0 aliphatic heterocycles. The van der Waals surface area contributed by atoms with Crippen molar-refractivity contribution in [1.82, 2.24) is 5.32 Å². The van der Waals surface area contributed by atoms with Crippen LogP contribution in [0.25, 0.3) is 0 Å². The molecule has 0 heterocycles. The first-order valence-corrected chi connectivity index (χ1v) is 4.75. The van der Waals surface area contributed by atoms with Crippen LogP contribution in [0.15, 0.2) is 18.2 Å². The molecular weight excluding hydrogens is 166 g/mol. The van der Waals surface area contributed by atoms with Crippen molar-refractivity contribution in [2.24, 2.45) is 0 Å². The molecule has 0 amide bonds. The van der Waals surface area contributed by atoms with Crippen LogP contribution in [-0.4, -0.2) is 5.88 Å². The van der Waals surface area contributed by atoms with Crippen molar-refractivity contribution in [2.45, 2.75) is 20.4 Å². The molecule has 12 heavy (non-hydrogen) atoms. The summed E-state index contributed by atoms with van der Waals surface area (Å²) in [6.07, 6.45) is 0. The van der Waals surface area contributed by atoms with Gasteiger partial charge in [-0.3, -0.25) is 0 Å². The standard InChI is InChI=1S/C10H15NS/c1-8-3-4-10(6-11-7-12)9(2)5-8/h3-5,11-12H,6-7H2,1-2H3. The van der Waals surface area contributed by atoms with Crippen LogP contribution < -0.4 is 5.32 Å². The van der Waals surface area contributed by atoms with E-state index in [9.17, 15) is 0 Å². The Morgan fingerprint density at radius 2 is 2.08 bits per heavy atom. The number of nitrogens with one attached hydrogen (secondary N) is 1. The van der Waals surface area contributed by atoms with Crippen molar-refractivity contribution >= 4 is 12.6 Å². The van der Waals surface area contributed by atoms with E-state index in [2.05, 4.69) is 50.0 Å². The summed E-state index contributed by atoms with van der Waals surface area (Å²) >= 11 is 4.09. The van der Waals surface area contributed by atoms with E-state index in [-0.39, 0.29) is 0 Å². The molecule has 1 aromatic rings. The second-order valence-electron chi connectivity index (χ2n) is 3.01. The topological polar surface area (TPSA) is 12.0 Å². The maximum Gasteiger partial charge on any atom is 0.0390 e. The summed E-state index contributed by atoms with van der Waals surface area (Å²) in [6.45, 7) is 5.17. The maximum atomic E-state index is 4.09. The monoisotopic (exact) mass is 181 g/mol. The fourth-order valence-electron chi connectivity index (χ4n) is 1.23. The van der Waals surface area contributed by atoms with Gasteiger partial charge in [-0.1, -0.05) is 23.8 Å². The van der Waals surface area contributed by atoms with Crippen molar-refractivity contribution in [3.05, 3.63) is 34.9 Å². The Bertz CT molecular complexity index is 258. The fraction of sp³-hybridized carbons (Fsp3) is 0.400. The van der Waals surface area contributed by atoms with Gasteiger partial charge < -0.3 is 5.32 Å². The molecule has 1 N–H and O–H groups in total. The van der Waals surface area contributed by atoms with Gasteiger partial charge in [-0.15, -0.1) is 0 Å². The zero-order chi connectivity index (χ0) is 8.97. The summed E-state index contributed by atoms with van der Waals surface area (Å²) in [5.41, 5.74) is 4.03. The molecular formula is C10H15NS. The van der Waals surface area contributed by atoms with Gasteiger partial charge in [0.2, 0.25) is 0 Å². The average Bonchev–Trinajstić information content (AvgIpc) is 2.03. The normalized spacial score (nSPS) is 10.2. The number of aryl methyl sites for hydroxylation is 2. The molecule has 66 valence electrons. The van der Waals surface area contributed by atoms with Gasteiger partial charge >= 0.3 is 0 Å². The van der Waals surface area contributed by atoms with E-state index < -0.39 is 0 Å². The van der Waals surface area contributed by atoms with Crippen molar-refractivity contribution in [1.29, 1.82) is 0 Å². The smallest absolute Gasteiger partial charge is 0.0390 e. The lowest BCUT2D eigenvalue weighted by Gasteiger charge is -2.06. The highest BCUT2D eigenvalue weighted by atomic mass is 32.1. The van der Waals surface area contributed by atoms with E-state index in [1.165, 1.54) is 16.7 Å². The predicted molar refractivity (Wildman–Crippen MR) is 56.6 cm³/mol. The summed E-state index contributed by atoms with van der Waals surface area (Å²) in [7, 11) is 0. The van der Waals surface area contributed by atoms with Crippen molar-refractivity contribution < 1.29 is 0 Å². The van der Waals surface area contributed by atoms with Crippen LogP contribution in [0.3, 0.4) is 0 Å². The van der Waals surface area contributed by atoms with Gasteiger partial charge in [0.25, 0.3) is 0 Å². The first-order chi connectivity index (χ1) is 5.74. The maximum absolute atomic E-state index is 4.09. The molecule has 0 aliphatic rings. The molecule has 0 unspecified atom stereocenters. The molecule has 1 rings (SSSR count). The molecule has 1 aromatic carbocycles. The molecule has 0 aromatic heterocycles. The van der Waals surface area contributed by atoms with Gasteiger partial charge in [0.1, 0.15) is 0 Å². The van der Waals surface area contributed by atoms with Crippen LogP contribution in [0, 0.1) is 13.8 Å². The van der Waals surface area contributed by atoms with Gasteiger partial charge in [-0.25, -0.2) is 0 Å². The van der Waals surface area contributed by atoms with Gasteiger partial charge in [0.05, 0.1) is 0 Å². The minimum Gasteiger partial charge on any atom is -0.304 e. The Kier molecular flexibility index (Phi) is 3.63. The minimum absolute atomic E-state index is 0.729. The summed E-state index contributed by atoms with van der Waals surface area (Å²) < 4.78 is 0. The molecule has 0 saturated carbocycles. The summed E-state index contributed by atoms with van der Waals surface area (Å²) in [5.74, 6) is 0.729. The summed E-state index contributed by atoms with van der Waals surface area (Å²) in [5, 5.41) is 3.19. The van der Waals surface area contributed by atoms with Crippen molar-refractivity contribution in [2.75, 3.05) is 5.88 Å². The molecule has 0 aliphatic carbocycles. The van der Waals surface area contributed by atoms with Gasteiger partial charge in [0.15, 0.2) is 0 Å². The van der Waals surface area contributed by atoms with Gasteiger partial charge in [-0.2, -0.15) is 12.6 Å². The quantitative estimate of drug-likeness (QED) is 0.538. The molecule has 0 atom stereocenters. The number of hydrogen-bond donors (Lipinski definition) is 2. The van der Waals surface area contributed by atoms with E-state index in [1.807, 2.05) is 0 Å². The summed E-state index contributed by atoms with van der Waals surface area (Å²) in [4.78, 5) is 0. The van der Waals surface area contributed by atoms with Crippen LogP contribution >= 0.6 is 12.6 Å². The van der Waals surface area contributed by atoms with Gasteiger partial charge in [-0.05, 0) is 25.0 Å². The number of rotatable bonds is 3. The lowest BCUT2D eigenvalue weighted by molar-refractivity contribution is 0.793. The van der Waals surface area contributed by atoms with E-state index in [1.54, 1.807) is 0 Å². The van der Waals surface area contributed by atoms with Crippen LogP contribution in [0.2, 0.25) is 0 Å². The Labute approximate surface area is 79.6 Å². The fourth-order valence-corrected chi connectivity index (χ4v) is 1.35. The third-order valence-corrected chi connectivity index (χ3v) is 2.15. The zero-order valence-electron chi connectivity index (χ0n) is 7.59. The van der Waals surface area contributed by atoms with E-state index in [0.29, 0.717) is 0 Å². The summed E-state index contributed by atoms with van der Waals surface area (Å²) in [6, 6.07) is 6.51. The SMILES string of the molecule is Cc1ccc(CNCS)c(C)c1. The Balaban J connectivity index is 2.72. The Hall–Kier alpha value is -0.470. The number of benzene rings is 1. The highest BCUT2D eigenvalue weighted by Crippen LogP contribution is 2.09. The lowest BCUT2D eigenvalue weighted by Crippen LogP contribution is -2.11. The minimum atomic E-state index is 0.729. The van der Waals surface area contributed by atoms with Gasteiger partial charge in [0, 0.05) is 12.4 Å². The second-order valence-corrected chi connectivity index (χ2v) is 3.33. The molecule has 1 nitrogen and oxygen atoms in total. The Morgan fingerprint density at radius 1 is 1.33 bits per heavy atom. The average molecular weight is 181 g/mol. The first-order valence-electron chi connectivity index (χ1n) is 4.11. The zero-order valence-corrected chi connectivity index (χ0v) is 8.49. The predicted octanol–water partition coefficient (Wildman–Crippen LogP) is 2.28. The molecule has 0 fully saturated rings. The van der Waals surface area contributed by atoms with E-state index >= 15 is 0 Å². The van der Waals surface area contributed by atoms with E-state index in [0.717, 1.165) is 12.4 Å². The van der Waals surface area contributed by atoms with Crippen LogP contribution in [0.5, 0.6) is 0 Å². The van der Waals surface area contributed by atoms with Crippen molar-refractivity contribution in [3.8, 4) is 0 Å². The van der Waals surface area contributed by atoms with Crippen LogP contribution in [-0.2, 0) is 6.54 Å². The number of hydrogen-bond acceptors (Lipinski definition) is 2. The first kappa shape index (κ1) is 9.62. The largest absolute Gasteiger partial charge is 0.304 e. The molecule has 0 bridgehead atoms. The third kappa shape index (κ3) is 2.54. The van der Waals surface area contributed by atoms with Crippen LogP contribution in [0.4, 0.5) is 0 Å². The molecule has 2 heteroatoms.